The van der Waals surface area contributed by atoms with Crippen LogP contribution in [0.2, 0.25) is 0 Å². The van der Waals surface area contributed by atoms with E-state index in [4.69, 9.17) is 5.73 Å². The number of hydrogen-bond acceptors (Lipinski definition) is 4. The summed E-state index contributed by atoms with van der Waals surface area (Å²) in [4.78, 5) is 12.4. The van der Waals surface area contributed by atoms with Crippen molar-refractivity contribution in [3.8, 4) is 0 Å². The Morgan fingerprint density at radius 2 is 2.22 bits per heavy atom. The van der Waals surface area contributed by atoms with Crippen molar-refractivity contribution in [1.82, 2.24) is 0 Å². The van der Waals surface area contributed by atoms with Gasteiger partial charge in [0, 0.05) is 10.6 Å². The number of esters is 1. The second-order valence-electron chi connectivity index (χ2n) is 4.55. The first-order valence-electron chi connectivity index (χ1n) is 6.28. The van der Waals surface area contributed by atoms with Gasteiger partial charge in [0.1, 0.15) is 6.04 Å². The summed E-state index contributed by atoms with van der Waals surface area (Å²) in [7, 11) is 1.37. The number of thioether (sulfide) groups is 1. The molecule has 0 amide bonds. The maximum absolute atomic E-state index is 11.2. The fourth-order valence-corrected chi connectivity index (χ4v) is 3.21. The van der Waals surface area contributed by atoms with Crippen LogP contribution in [0, 0.1) is 0 Å². The molecule has 0 fully saturated rings. The van der Waals surface area contributed by atoms with Crippen molar-refractivity contribution in [1.29, 1.82) is 0 Å². The molecule has 98 valence electrons. The molecule has 0 spiro atoms. The highest BCUT2D eigenvalue weighted by molar-refractivity contribution is 7.99. The van der Waals surface area contributed by atoms with Gasteiger partial charge in [0.2, 0.25) is 0 Å². The van der Waals surface area contributed by atoms with Gasteiger partial charge in [0.25, 0.3) is 0 Å². The predicted molar refractivity (Wildman–Crippen MR) is 73.8 cm³/mol. The number of fused-ring (bicyclic) bond motifs is 1. The Morgan fingerprint density at radius 3 is 3.00 bits per heavy atom. The van der Waals surface area contributed by atoms with Gasteiger partial charge in [-0.25, -0.2) is 0 Å². The maximum Gasteiger partial charge on any atom is 0.322 e. The number of rotatable bonds is 5. The first-order valence-corrected chi connectivity index (χ1v) is 7.27. The van der Waals surface area contributed by atoms with E-state index in [0.717, 1.165) is 5.75 Å². The van der Waals surface area contributed by atoms with Crippen molar-refractivity contribution >= 4 is 17.7 Å². The molecule has 0 aromatic heterocycles. The lowest BCUT2D eigenvalue weighted by Crippen LogP contribution is -2.31. The van der Waals surface area contributed by atoms with Crippen LogP contribution >= 0.6 is 11.8 Å². The highest BCUT2D eigenvalue weighted by Gasteiger charge is 2.14. The Kier molecular flexibility index (Phi) is 4.66. The van der Waals surface area contributed by atoms with Crippen LogP contribution in [0.3, 0.4) is 0 Å². The van der Waals surface area contributed by atoms with Crippen molar-refractivity contribution < 1.29 is 9.53 Å². The van der Waals surface area contributed by atoms with Crippen LogP contribution in [-0.2, 0) is 22.4 Å². The van der Waals surface area contributed by atoms with E-state index < -0.39 is 6.04 Å². The zero-order valence-electron chi connectivity index (χ0n) is 10.6. The van der Waals surface area contributed by atoms with Crippen LogP contribution in [0.5, 0.6) is 0 Å². The fraction of sp³-hybridized carbons (Fsp3) is 0.500. The number of nitrogens with two attached hydrogens (primary N) is 1. The lowest BCUT2D eigenvalue weighted by molar-refractivity contribution is -0.142. The number of benzene rings is 1. The molecule has 4 heteroatoms. The summed E-state index contributed by atoms with van der Waals surface area (Å²) >= 11 is 1.75. The van der Waals surface area contributed by atoms with Gasteiger partial charge in [-0.15, -0.1) is 11.8 Å². The molecule has 1 aliphatic rings. The van der Waals surface area contributed by atoms with Crippen molar-refractivity contribution in [2.75, 3.05) is 12.9 Å². The Labute approximate surface area is 112 Å². The van der Waals surface area contributed by atoms with Crippen LogP contribution in [0.15, 0.2) is 23.1 Å². The zero-order valence-corrected chi connectivity index (χ0v) is 11.5. The number of carbonyl (C=O) groups excluding carboxylic acids is 1. The second kappa shape index (κ2) is 6.25. The highest BCUT2D eigenvalue weighted by Crippen LogP contribution is 2.27. The summed E-state index contributed by atoms with van der Waals surface area (Å²) in [6.45, 7) is 0. The molecule has 18 heavy (non-hydrogen) atoms. The highest BCUT2D eigenvalue weighted by atomic mass is 32.2. The van der Waals surface area contributed by atoms with E-state index in [1.54, 1.807) is 11.8 Å². The van der Waals surface area contributed by atoms with Crippen molar-refractivity contribution in [3.05, 3.63) is 29.3 Å². The smallest absolute Gasteiger partial charge is 0.322 e. The fourth-order valence-electron chi connectivity index (χ4n) is 2.21. The van der Waals surface area contributed by atoms with Crippen LogP contribution in [0.25, 0.3) is 0 Å². The topological polar surface area (TPSA) is 52.3 Å². The summed E-state index contributed by atoms with van der Waals surface area (Å²) < 4.78 is 4.60. The number of methoxy groups -OCH3 is 1. The third-order valence-corrected chi connectivity index (χ3v) is 4.30. The monoisotopic (exact) mass is 265 g/mol. The lowest BCUT2D eigenvalue weighted by Gasteiger charge is -2.09. The van der Waals surface area contributed by atoms with Gasteiger partial charge in [0.15, 0.2) is 0 Å². The number of ether oxygens (including phenoxy) is 1. The van der Waals surface area contributed by atoms with Crippen molar-refractivity contribution in [2.24, 2.45) is 5.73 Å². The van der Waals surface area contributed by atoms with Gasteiger partial charge in [0.05, 0.1) is 7.11 Å². The molecule has 3 nitrogen and oxygen atoms in total. The molecule has 0 bridgehead atoms. The molecule has 0 saturated heterocycles. The number of hydrogen-bond donors (Lipinski definition) is 1. The van der Waals surface area contributed by atoms with Crippen molar-refractivity contribution in [3.63, 3.8) is 0 Å². The summed E-state index contributed by atoms with van der Waals surface area (Å²) in [6, 6.07) is 6.16. The van der Waals surface area contributed by atoms with E-state index >= 15 is 0 Å². The summed E-state index contributed by atoms with van der Waals surface area (Å²) in [6.07, 6.45) is 4.34. The molecular formula is C14H19NO2S. The van der Waals surface area contributed by atoms with Crippen LogP contribution in [-0.4, -0.2) is 24.9 Å². The molecule has 0 aliphatic heterocycles. The van der Waals surface area contributed by atoms with E-state index in [2.05, 4.69) is 22.9 Å². The molecule has 0 radical (unpaired) electrons. The molecule has 1 aromatic rings. The quantitative estimate of drug-likeness (QED) is 0.655. The van der Waals surface area contributed by atoms with Crippen LogP contribution in [0.4, 0.5) is 0 Å². The van der Waals surface area contributed by atoms with Crippen molar-refractivity contribution in [2.45, 2.75) is 36.6 Å². The SMILES string of the molecule is COC(=O)C(N)CCSc1ccc2c(c1)CCC2. The first kappa shape index (κ1) is 13.4. The number of carbonyl (C=O) groups is 1. The lowest BCUT2D eigenvalue weighted by atomic mass is 10.1. The van der Waals surface area contributed by atoms with Gasteiger partial charge in [-0.1, -0.05) is 6.07 Å². The molecular weight excluding hydrogens is 246 g/mol. The minimum Gasteiger partial charge on any atom is -0.468 e. The van der Waals surface area contributed by atoms with Gasteiger partial charge >= 0.3 is 5.97 Å². The van der Waals surface area contributed by atoms with Crippen LogP contribution < -0.4 is 5.73 Å². The van der Waals surface area contributed by atoms with E-state index in [1.165, 1.54) is 42.4 Å². The second-order valence-corrected chi connectivity index (χ2v) is 5.72. The summed E-state index contributed by atoms with van der Waals surface area (Å²) in [5.41, 5.74) is 8.67. The zero-order chi connectivity index (χ0) is 13.0. The molecule has 0 saturated carbocycles. The van der Waals surface area contributed by atoms with Gasteiger partial charge < -0.3 is 10.5 Å². The number of aryl methyl sites for hydroxylation is 2. The molecule has 1 unspecified atom stereocenters. The molecule has 1 atom stereocenters. The van der Waals surface area contributed by atoms with Crippen LogP contribution in [0.1, 0.15) is 24.0 Å². The Balaban J connectivity index is 1.82. The Bertz CT molecular complexity index is 434. The Hall–Kier alpha value is -1.00. The third kappa shape index (κ3) is 3.27. The molecule has 2 N–H and O–H groups in total. The standard InChI is InChI=1S/C14H19NO2S/c1-17-14(16)13(15)7-8-18-12-6-5-10-3-2-4-11(10)9-12/h5-6,9,13H,2-4,7-8,15H2,1H3. The first-order chi connectivity index (χ1) is 8.70. The van der Waals surface area contributed by atoms with Gasteiger partial charge in [-0.3, -0.25) is 4.79 Å². The summed E-state index contributed by atoms with van der Waals surface area (Å²) in [5.74, 6) is 0.513. The predicted octanol–water partition coefficient (Wildman–Crippen LogP) is 2.16. The van der Waals surface area contributed by atoms with E-state index in [0.29, 0.717) is 6.42 Å². The van der Waals surface area contributed by atoms with Gasteiger partial charge in [-0.2, -0.15) is 0 Å². The average molecular weight is 265 g/mol. The van der Waals surface area contributed by atoms with Gasteiger partial charge in [-0.05, 0) is 48.9 Å². The normalized spacial score (nSPS) is 15.2. The summed E-state index contributed by atoms with van der Waals surface area (Å²) in [5, 5.41) is 0. The molecule has 1 aromatic carbocycles. The largest absolute Gasteiger partial charge is 0.468 e. The average Bonchev–Trinajstić information content (AvgIpc) is 2.85. The minimum absolute atomic E-state index is 0.329. The van der Waals surface area contributed by atoms with E-state index in [1.807, 2.05) is 0 Å². The molecule has 1 aliphatic carbocycles. The minimum atomic E-state index is -0.503. The Morgan fingerprint density at radius 1 is 1.44 bits per heavy atom. The third-order valence-electron chi connectivity index (χ3n) is 3.27. The maximum atomic E-state index is 11.2. The van der Waals surface area contributed by atoms with E-state index in [9.17, 15) is 4.79 Å². The molecule has 0 heterocycles. The van der Waals surface area contributed by atoms with E-state index in [-0.39, 0.29) is 5.97 Å². The molecule has 2 rings (SSSR count).